The van der Waals surface area contributed by atoms with Gasteiger partial charge in [0.1, 0.15) is 18.6 Å². The number of amides is 1. The van der Waals surface area contributed by atoms with Crippen molar-refractivity contribution in [3.8, 4) is 11.5 Å². The molecule has 0 bridgehead atoms. The maximum absolute atomic E-state index is 14.9. The van der Waals surface area contributed by atoms with Crippen LogP contribution in [0.4, 0.5) is 15.8 Å². The Bertz CT molecular complexity index is 1410. The van der Waals surface area contributed by atoms with E-state index in [0.717, 1.165) is 11.1 Å². The lowest BCUT2D eigenvalue weighted by molar-refractivity contribution is 0.0974. The van der Waals surface area contributed by atoms with E-state index in [1.165, 1.54) is 11.0 Å². The van der Waals surface area contributed by atoms with Gasteiger partial charge >= 0.3 is 0 Å². The molecule has 1 N–H and O–H groups in total. The summed E-state index contributed by atoms with van der Waals surface area (Å²) in [4.78, 5) is 15.0. The highest BCUT2D eigenvalue weighted by Gasteiger charge is 2.35. The number of ether oxygens (including phenoxy) is 2. The number of para-hydroxylation sites is 2. The van der Waals surface area contributed by atoms with E-state index >= 15 is 0 Å². The lowest BCUT2D eigenvalue weighted by atomic mass is 10.0. The van der Waals surface area contributed by atoms with Gasteiger partial charge in [-0.05, 0) is 55.0 Å². The van der Waals surface area contributed by atoms with Gasteiger partial charge in [-0.3, -0.25) is 9.69 Å². The van der Waals surface area contributed by atoms with E-state index in [0.29, 0.717) is 34.4 Å². The monoisotopic (exact) mass is 502 g/mol. The summed E-state index contributed by atoms with van der Waals surface area (Å²) in [6.45, 7) is 2.57. The SMILES string of the molecule is CCOc1cc([C@H]2Nc3ccccc3C(=O)N2c2ccccc2F)ccc1OCc1ccccc1Cl. The van der Waals surface area contributed by atoms with Crippen molar-refractivity contribution in [1.82, 2.24) is 0 Å². The van der Waals surface area contributed by atoms with Gasteiger partial charge in [0.15, 0.2) is 11.5 Å². The number of carbonyl (C=O) groups excluding carboxylic acids is 1. The van der Waals surface area contributed by atoms with Gasteiger partial charge in [0.05, 0.1) is 17.9 Å². The first-order valence-corrected chi connectivity index (χ1v) is 12.0. The first-order chi connectivity index (χ1) is 17.6. The maximum Gasteiger partial charge on any atom is 0.262 e. The minimum Gasteiger partial charge on any atom is -0.490 e. The van der Waals surface area contributed by atoms with Crippen LogP contribution in [0.1, 0.15) is 34.6 Å². The summed E-state index contributed by atoms with van der Waals surface area (Å²) >= 11 is 6.27. The van der Waals surface area contributed by atoms with Crippen LogP contribution in [0.2, 0.25) is 5.02 Å². The van der Waals surface area contributed by atoms with Crippen molar-refractivity contribution in [2.75, 3.05) is 16.8 Å². The molecule has 182 valence electrons. The molecule has 0 radical (unpaired) electrons. The Kier molecular flexibility index (Phi) is 6.78. The molecule has 1 aliphatic rings. The number of nitrogens with zero attached hydrogens (tertiary/aromatic N) is 1. The molecule has 0 spiro atoms. The third-order valence-electron chi connectivity index (χ3n) is 5.96. The molecule has 0 fully saturated rings. The van der Waals surface area contributed by atoms with Gasteiger partial charge in [-0.1, -0.05) is 60.1 Å². The molecule has 1 amide bonds. The second kappa shape index (κ2) is 10.3. The molecule has 0 aromatic heterocycles. The molecule has 1 aliphatic heterocycles. The van der Waals surface area contributed by atoms with Crippen molar-refractivity contribution in [1.29, 1.82) is 0 Å². The fraction of sp³-hybridized carbons (Fsp3) is 0.138. The van der Waals surface area contributed by atoms with E-state index < -0.39 is 12.0 Å². The minimum atomic E-state index is -0.666. The molecule has 5 rings (SSSR count). The topological polar surface area (TPSA) is 50.8 Å². The lowest BCUT2D eigenvalue weighted by Gasteiger charge is -2.38. The third kappa shape index (κ3) is 4.60. The fourth-order valence-corrected chi connectivity index (χ4v) is 4.43. The van der Waals surface area contributed by atoms with Crippen molar-refractivity contribution in [3.63, 3.8) is 0 Å². The van der Waals surface area contributed by atoms with E-state index in [4.69, 9.17) is 21.1 Å². The largest absolute Gasteiger partial charge is 0.490 e. The second-order valence-corrected chi connectivity index (χ2v) is 8.65. The lowest BCUT2D eigenvalue weighted by Crippen LogP contribution is -2.43. The Labute approximate surface area is 214 Å². The molecule has 1 heterocycles. The molecular weight excluding hydrogens is 479 g/mol. The highest BCUT2D eigenvalue weighted by molar-refractivity contribution is 6.31. The number of carbonyl (C=O) groups is 1. The highest BCUT2D eigenvalue weighted by atomic mass is 35.5. The van der Waals surface area contributed by atoms with Gasteiger partial charge in [-0.2, -0.15) is 0 Å². The number of fused-ring (bicyclic) bond motifs is 1. The number of hydrogen-bond acceptors (Lipinski definition) is 4. The van der Waals surface area contributed by atoms with Crippen molar-refractivity contribution in [2.45, 2.75) is 19.7 Å². The smallest absolute Gasteiger partial charge is 0.262 e. The Morgan fingerprint density at radius 3 is 2.47 bits per heavy atom. The Morgan fingerprint density at radius 1 is 0.917 bits per heavy atom. The Morgan fingerprint density at radius 2 is 1.67 bits per heavy atom. The first-order valence-electron chi connectivity index (χ1n) is 11.6. The highest BCUT2D eigenvalue weighted by Crippen LogP contribution is 2.40. The van der Waals surface area contributed by atoms with Gasteiger partial charge in [-0.15, -0.1) is 0 Å². The van der Waals surface area contributed by atoms with Crippen LogP contribution in [-0.2, 0) is 6.61 Å². The maximum atomic E-state index is 14.9. The average molecular weight is 503 g/mol. The predicted octanol–water partition coefficient (Wildman–Crippen LogP) is 7.23. The standard InChI is InChI=1S/C29H24ClFN2O3/c1-2-35-27-17-19(15-16-26(27)36-18-20-9-3-5-11-22(20)30)28-32-24-13-7-4-10-21(24)29(34)33(28)25-14-8-6-12-23(25)31/h3-17,28,32H,2,18H2,1H3/t28-/m0/s1. The second-order valence-electron chi connectivity index (χ2n) is 8.24. The van der Waals surface area contributed by atoms with Gasteiger partial charge < -0.3 is 14.8 Å². The molecular formula is C29H24ClFN2O3. The normalized spacial score (nSPS) is 14.7. The molecule has 0 aliphatic carbocycles. The van der Waals surface area contributed by atoms with Crippen molar-refractivity contribution >= 4 is 28.9 Å². The number of hydrogen-bond donors (Lipinski definition) is 1. The molecule has 7 heteroatoms. The summed E-state index contributed by atoms with van der Waals surface area (Å²) < 4.78 is 26.8. The van der Waals surface area contributed by atoms with Crippen LogP contribution >= 0.6 is 11.6 Å². The molecule has 0 saturated carbocycles. The van der Waals surface area contributed by atoms with Crippen molar-refractivity contribution < 1.29 is 18.7 Å². The van der Waals surface area contributed by atoms with Crippen LogP contribution < -0.4 is 19.7 Å². The molecule has 0 unspecified atom stereocenters. The van der Waals surface area contributed by atoms with E-state index in [1.54, 1.807) is 36.4 Å². The summed E-state index contributed by atoms with van der Waals surface area (Å²) in [5.74, 6) is 0.280. The summed E-state index contributed by atoms with van der Waals surface area (Å²) in [5.41, 5.74) is 2.91. The van der Waals surface area contributed by atoms with Crippen LogP contribution in [0.5, 0.6) is 11.5 Å². The number of rotatable bonds is 7. The van der Waals surface area contributed by atoms with Crippen LogP contribution in [0, 0.1) is 5.82 Å². The van der Waals surface area contributed by atoms with E-state index in [-0.39, 0.29) is 18.2 Å². The summed E-state index contributed by atoms with van der Waals surface area (Å²) in [7, 11) is 0. The van der Waals surface area contributed by atoms with Gasteiger partial charge in [0, 0.05) is 16.3 Å². The Balaban J connectivity index is 1.53. The number of benzene rings is 4. The number of anilines is 2. The van der Waals surface area contributed by atoms with Crippen LogP contribution in [-0.4, -0.2) is 12.5 Å². The fourth-order valence-electron chi connectivity index (χ4n) is 4.24. The van der Waals surface area contributed by atoms with Crippen LogP contribution in [0.3, 0.4) is 0 Å². The van der Waals surface area contributed by atoms with Crippen molar-refractivity contribution in [3.05, 3.63) is 119 Å². The molecule has 36 heavy (non-hydrogen) atoms. The minimum absolute atomic E-state index is 0.187. The van der Waals surface area contributed by atoms with Gasteiger partial charge in [0.2, 0.25) is 0 Å². The molecule has 1 atom stereocenters. The molecule has 4 aromatic carbocycles. The van der Waals surface area contributed by atoms with Crippen molar-refractivity contribution in [2.24, 2.45) is 0 Å². The summed E-state index contributed by atoms with van der Waals surface area (Å²) in [5, 5.41) is 4.02. The Hall–Kier alpha value is -4.03. The van der Waals surface area contributed by atoms with E-state index in [2.05, 4.69) is 5.32 Å². The van der Waals surface area contributed by atoms with E-state index in [1.807, 2.05) is 55.5 Å². The third-order valence-corrected chi connectivity index (χ3v) is 6.33. The zero-order valence-corrected chi connectivity index (χ0v) is 20.3. The average Bonchev–Trinajstić information content (AvgIpc) is 2.89. The van der Waals surface area contributed by atoms with Gasteiger partial charge in [0.25, 0.3) is 5.91 Å². The first kappa shape index (κ1) is 23.7. The zero-order chi connectivity index (χ0) is 25.1. The van der Waals surface area contributed by atoms with Crippen LogP contribution in [0.25, 0.3) is 0 Å². The zero-order valence-electron chi connectivity index (χ0n) is 19.6. The summed E-state index contributed by atoms with van der Waals surface area (Å²) in [6, 6.07) is 26.4. The quantitative estimate of drug-likeness (QED) is 0.289. The predicted molar refractivity (Wildman–Crippen MR) is 139 cm³/mol. The number of nitrogens with one attached hydrogen (secondary N) is 1. The van der Waals surface area contributed by atoms with Gasteiger partial charge in [-0.25, -0.2) is 4.39 Å². The van der Waals surface area contributed by atoms with E-state index in [9.17, 15) is 9.18 Å². The molecule has 5 nitrogen and oxygen atoms in total. The molecule has 0 saturated heterocycles. The van der Waals surface area contributed by atoms with Crippen LogP contribution in [0.15, 0.2) is 91.0 Å². The summed E-state index contributed by atoms with van der Waals surface area (Å²) in [6.07, 6.45) is -0.666. The number of halogens is 2. The molecule has 4 aromatic rings.